The van der Waals surface area contributed by atoms with Gasteiger partial charge in [-0.15, -0.1) is 0 Å². The highest BCUT2D eigenvalue weighted by molar-refractivity contribution is 7.99. The third kappa shape index (κ3) is 4.26. The van der Waals surface area contributed by atoms with E-state index in [4.69, 9.17) is 0 Å². The number of amides is 1. The number of carbonyl (C=O) groups is 1. The summed E-state index contributed by atoms with van der Waals surface area (Å²) in [5.41, 5.74) is 1.91. The summed E-state index contributed by atoms with van der Waals surface area (Å²) in [6, 6.07) is 7.77. The highest BCUT2D eigenvalue weighted by Crippen LogP contribution is 2.18. The number of hydrogen-bond donors (Lipinski definition) is 1. The lowest BCUT2D eigenvalue weighted by Gasteiger charge is -2.13. The molecule has 6 heteroatoms. The number of nitrogens with zero attached hydrogens (tertiary/aromatic N) is 3. The molecule has 5 nitrogen and oxygen atoms in total. The van der Waals surface area contributed by atoms with Crippen molar-refractivity contribution >= 4 is 29.0 Å². The van der Waals surface area contributed by atoms with Gasteiger partial charge in [-0.2, -0.15) is 0 Å². The van der Waals surface area contributed by atoms with E-state index in [9.17, 15) is 4.79 Å². The highest BCUT2D eigenvalue weighted by Gasteiger charge is 2.07. The molecule has 0 fully saturated rings. The Hall–Kier alpha value is -1.95. The highest BCUT2D eigenvalue weighted by atomic mass is 32.2. The van der Waals surface area contributed by atoms with E-state index in [1.165, 1.54) is 11.8 Å². The molecule has 1 aromatic carbocycles. The number of thioether (sulfide) groups is 1. The van der Waals surface area contributed by atoms with Crippen LogP contribution < -0.4 is 10.2 Å². The van der Waals surface area contributed by atoms with Crippen LogP contribution in [0.25, 0.3) is 0 Å². The molecule has 0 atom stereocenters. The summed E-state index contributed by atoms with van der Waals surface area (Å²) >= 11 is 1.45. The monoisotopic (exact) mass is 304 g/mol. The second-order valence-corrected chi connectivity index (χ2v) is 5.72. The van der Waals surface area contributed by atoms with E-state index in [-0.39, 0.29) is 5.91 Å². The maximum Gasteiger partial charge on any atom is 0.234 e. The van der Waals surface area contributed by atoms with Gasteiger partial charge in [0, 0.05) is 44.4 Å². The van der Waals surface area contributed by atoms with Crippen molar-refractivity contribution in [3.63, 3.8) is 0 Å². The minimum absolute atomic E-state index is 0.0248. The summed E-state index contributed by atoms with van der Waals surface area (Å²) in [7, 11) is 3.97. The van der Waals surface area contributed by atoms with E-state index in [2.05, 4.69) is 17.2 Å². The van der Waals surface area contributed by atoms with E-state index in [1.54, 1.807) is 6.20 Å². The number of hydrogen-bond acceptors (Lipinski definition) is 4. The first-order chi connectivity index (χ1) is 10.1. The van der Waals surface area contributed by atoms with Gasteiger partial charge >= 0.3 is 0 Å². The molecule has 2 aromatic rings. The first-order valence-electron chi connectivity index (χ1n) is 6.81. The van der Waals surface area contributed by atoms with Gasteiger partial charge in [0.15, 0.2) is 5.16 Å². The van der Waals surface area contributed by atoms with Crippen LogP contribution in [-0.4, -0.2) is 35.3 Å². The molecule has 21 heavy (non-hydrogen) atoms. The first kappa shape index (κ1) is 15.4. The Morgan fingerprint density at radius 1 is 1.33 bits per heavy atom. The molecule has 1 N–H and O–H groups in total. The van der Waals surface area contributed by atoms with Gasteiger partial charge in [0.2, 0.25) is 5.91 Å². The van der Waals surface area contributed by atoms with Crippen molar-refractivity contribution in [1.82, 2.24) is 9.55 Å². The summed E-state index contributed by atoms with van der Waals surface area (Å²) in [6.07, 6.45) is 3.67. The van der Waals surface area contributed by atoms with Gasteiger partial charge in [-0.25, -0.2) is 4.98 Å². The van der Waals surface area contributed by atoms with Crippen molar-refractivity contribution < 1.29 is 4.79 Å². The van der Waals surface area contributed by atoms with E-state index < -0.39 is 0 Å². The molecule has 1 aromatic heterocycles. The molecule has 0 bridgehead atoms. The second kappa shape index (κ2) is 7.17. The van der Waals surface area contributed by atoms with Gasteiger partial charge in [0.25, 0.3) is 0 Å². The lowest BCUT2D eigenvalue weighted by molar-refractivity contribution is -0.113. The van der Waals surface area contributed by atoms with E-state index in [1.807, 2.05) is 54.0 Å². The number of aromatic nitrogens is 2. The number of imidazole rings is 1. The third-order valence-corrected chi connectivity index (χ3v) is 4.02. The van der Waals surface area contributed by atoms with Gasteiger partial charge in [-0.1, -0.05) is 11.8 Å². The summed E-state index contributed by atoms with van der Waals surface area (Å²) in [4.78, 5) is 18.2. The van der Waals surface area contributed by atoms with Crippen LogP contribution in [0.15, 0.2) is 41.8 Å². The van der Waals surface area contributed by atoms with Crippen molar-refractivity contribution in [3.05, 3.63) is 36.7 Å². The van der Waals surface area contributed by atoms with Crippen LogP contribution in [0.1, 0.15) is 6.92 Å². The standard InChI is InChI=1S/C15H20N4OS/c1-4-19-10-9-16-15(19)21-11-14(20)17-12-5-7-13(8-6-12)18(2)3/h5-10H,4,11H2,1-3H3,(H,17,20). The van der Waals surface area contributed by atoms with Crippen molar-refractivity contribution in [2.75, 3.05) is 30.1 Å². The van der Waals surface area contributed by atoms with Gasteiger partial charge in [-0.3, -0.25) is 4.79 Å². The second-order valence-electron chi connectivity index (χ2n) is 4.77. The quantitative estimate of drug-likeness (QED) is 0.834. The lowest BCUT2D eigenvalue weighted by atomic mass is 10.2. The molecule has 0 aliphatic heterocycles. The maximum atomic E-state index is 11.9. The summed E-state index contributed by atoms with van der Waals surface area (Å²) in [6.45, 7) is 2.91. The number of nitrogens with one attached hydrogen (secondary N) is 1. The molecule has 0 aliphatic carbocycles. The molecule has 0 saturated carbocycles. The average molecular weight is 304 g/mol. The fourth-order valence-electron chi connectivity index (χ4n) is 1.85. The van der Waals surface area contributed by atoms with Crippen molar-refractivity contribution in [3.8, 4) is 0 Å². The maximum absolute atomic E-state index is 11.9. The van der Waals surface area contributed by atoms with Gasteiger partial charge in [0.05, 0.1) is 5.75 Å². The van der Waals surface area contributed by atoms with Crippen LogP contribution in [0.4, 0.5) is 11.4 Å². The molecule has 2 rings (SSSR count). The number of benzene rings is 1. The Morgan fingerprint density at radius 3 is 2.67 bits per heavy atom. The largest absolute Gasteiger partial charge is 0.378 e. The van der Waals surface area contributed by atoms with E-state index in [0.29, 0.717) is 5.75 Å². The summed E-state index contributed by atoms with van der Waals surface area (Å²) in [5.74, 6) is 0.329. The Labute approximate surface area is 129 Å². The minimum Gasteiger partial charge on any atom is -0.378 e. The average Bonchev–Trinajstić information content (AvgIpc) is 2.93. The van der Waals surface area contributed by atoms with E-state index in [0.717, 1.165) is 23.1 Å². The van der Waals surface area contributed by atoms with Crippen LogP contribution in [0, 0.1) is 0 Å². The molecule has 0 aliphatic rings. The molecule has 0 unspecified atom stereocenters. The molecule has 1 heterocycles. The molecule has 0 spiro atoms. The predicted molar refractivity (Wildman–Crippen MR) is 88.0 cm³/mol. The Balaban J connectivity index is 1.87. The number of aryl methyl sites for hydroxylation is 1. The Morgan fingerprint density at radius 2 is 2.05 bits per heavy atom. The van der Waals surface area contributed by atoms with Crippen LogP contribution in [0.5, 0.6) is 0 Å². The van der Waals surface area contributed by atoms with Crippen molar-refractivity contribution in [1.29, 1.82) is 0 Å². The third-order valence-electron chi connectivity index (χ3n) is 3.02. The molecule has 112 valence electrons. The molecular formula is C15H20N4OS. The van der Waals surface area contributed by atoms with Crippen molar-refractivity contribution in [2.45, 2.75) is 18.6 Å². The molecule has 1 amide bonds. The van der Waals surface area contributed by atoms with Crippen molar-refractivity contribution in [2.24, 2.45) is 0 Å². The number of carbonyl (C=O) groups excluding carboxylic acids is 1. The summed E-state index contributed by atoms with van der Waals surface area (Å²) < 4.78 is 2.02. The fraction of sp³-hybridized carbons (Fsp3) is 0.333. The molecular weight excluding hydrogens is 284 g/mol. The Bertz CT molecular complexity index is 592. The van der Waals surface area contributed by atoms with Crippen LogP contribution in [-0.2, 0) is 11.3 Å². The lowest BCUT2D eigenvalue weighted by Crippen LogP contribution is -2.15. The zero-order valence-electron chi connectivity index (χ0n) is 12.5. The van der Waals surface area contributed by atoms with Crippen LogP contribution in [0.2, 0.25) is 0 Å². The topological polar surface area (TPSA) is 50.2 Å². The first-order valence-corrected chi connectivity index (χ1v) is 7.80. The van der Waals surface area contributed by atoms with Gasteiger partial charge in [0.1, 0.15) is 0 Å². The summed E-state index contributed by atoms with van der Waals surface area (Å²) in [5, 5.41) is 3.76. The van der Waals surface area contributed by atoms with Gasteiger partial charge in [-0.05, 0) is 31.2 Å². The molecule has 0 saturated heterocycles. The van der Waals surface area contributed by atoms with E-state index >= 15 is 0 Å². The Kier molecular flexibility index (Phi) is 5.27. The SMILES string of the molecule is CCn1ccnc1SCC(=O)Nc1ccc(N(C)C)cc1. The number of anilines is 2. The minimum atomic E-state index is -0.0248. The fourth-order valence-corrected chi connectivity index (χ4v) is 2.67. The zero-order chi connectivity index (χ0) is 15.2. The predicted octanol–water partition coefficient (Wildman–Crippen LogP) is 2.70. The van der Waals surface area contributed by atoms with Gasteiger partial charge < -0.3 is 14.8 Å². The van der Waals surface area contributed by atoms with Crippen LogP contribution in [0.3, 0.4) is 0 Å². The van der Waals surface area contributed by atoms with Crippen LogP contribution >= 0.6 is 11.8 Å². The smallest absolute Gasteiger partial charge is 0.234 e. The normalized spacial score (nSPS) is 10.4. The molecule has 0 radical (unpaired) electrons. The zero-order valence-corrected chi connectivity index (χ0v) is 13.4. The number of rotatable bonds is 6.